The summed E-state index contributed by atoms with van der Waals surface area (Å²) in [6.45, 7) is 16.1. The van der Waals surface area contributed by atoms with Crippen LogP contribution >= 0.6 is 0 Å². The first-order valence-corrected chi connectivity index (χ1v) is 9.17. The Balaban J connectivity index is 0. The molecule has 0 aromatic rings. The Kier molecular flexibility index (Phi) is 12.8. The lowest BCUT2D eigenvalue weighted by molar-refractivity contribution is 0.0712. The van der Waals surface area contributed by atoms with Crippen molar-refractivity contribution in [2.24, 2.45) is 5.41 Å². The van der Waals surface area contributed by atoms with E-state index in [4.69, 9.17) is 18.7 Å². The first-order valence-electron chi connectivity index (χ1n) is 7.24. The van der Waals surface area contributed by atoms with Gasteiger partial charge >= 0.3 is 8.80 Å². The standard InChI is InChI=1S/C9H22O3Si.C5H11N/c1-5-9-13(10-6-2,11-7-3)12-8-4;1-5(2,3)4-6/h5-9H2,1-4H3;4,6H,1-3H3. The van der Waals surface area contributed by atoms with Crippen LogP contribution in [0.3, 0.4) is 0 Å². The van der Waals surface area contributed by atoms with Crippen LogP contribution in [0.15, 0.2) is 0 Å². The average Bonchev–Trinajstić information content (AvgIpc) is 2.30. The molecule has 0 bridgehead atoms. The van der Waals surface area contributed by atoms with Crippen molar-refractivity contribution in [3.05, 3.63) is 0 Å². The molecule has 0 saturated carbocycles. The van der Waals surface area contributed by atoms with Gasteiger partial charge in [-0.1, -0.05) is 34.1 Å². The van der Waals surface area contributed by atoms with E-state index in [1.807, 2.05) is 41.5 Å². The van der Waals surface area contributed by atoms with Crippen molar-refractivity contribution in [1.29, 1.82) is 5.41 Å². The van der Waals surface area contributed by atoms with Crippen LogP contribution in [-0.2, 0) is 13.3 Å². The molecule has 0 unspecified atom stereocenters. The first-order chi connectivity index (χ1) is 8.80. The van der Waals surface area contributed by atoms with E-state index in [0.717, 1.165) is 12.5 Å². The minimum absolute atomic E-state index is 0.0833. The molecule has 0 saturated heterocycles. The van der Waals surface area contributed by atoms with E-state index >= 15 is 0 Å². The van der Waals surface area contributed by atoms with Crippen LogP contribution in [0.2, 0.25) is 6.04 Å². The minimum atomic E-state index is -2.30. The zero-order chi connectivity index (χ0) is 15.4. The second-order valence-electron chi connectivity index (χ2n) is 5.24. The molecule has 0 aliphatic heterocycles. The normalized spacial score (nSPS) is 11.7. The molecule has 4 nitrogen and oxygen atoms in total. The highest BCUT2D eigenvalue weighted by molar-refractivity contribution is 6.60. The summed E-state index contributed by atoms with van der Waals surface area (Å²) >= 11 is 0. The highest BCUT2D eigenvalue weighted by Crippen LogP contribution is 2.17. The van der Waals surface area contributed by atoms with Gasteiger partial charge in [-0.3, -0.25) is 0 Å². The summed E-state index contributed by atoms with van der Waals surface area (Å²) in [4.78, 5) is 0. The van der Waals surface area contributed by atoms with Gasteiger partial charge in [-0.2, -0.15) is 0 Å². The summed E-state index contributed by atoms with van der Waals surface area (Å²) in [7, 11) is -2.30. The van der Waals surface area contributed by atoms with Gasteiger partial charge in [0.05, 0.1) is 0 Å². The van der Waals surface area contributed by atoms with Gasteiger partial charge in [0, 0.05) is 32.1 Å². The van der Waals surface area contributed by atoms with Crippen LogP contribution in [0.4, 0.5) is 0 Å². The molecule has 0 fully saturated rings. The summed E-state index contributed by atoms with van der Waals surface area (Å²) in [5, 5.41) is 6.73. The molecule has 0 radical (unpaired) electrons. The van der Waals surface area contributed by atoms with Crippen LogP contribution in [0.5, 0.6) is 0 Å². The number of nitrogens with one attached hydrogen (secondary N) is 1. The molecule has 116 valence electrons. The van der Waals surface area contributed by atoms with Crippen molar-refractivity contribution in [2.75, 3.05) is 19.8 Å². The number of rotatable bonds is 8. The topological polar surface area (TPSA) is 51.5 Å². The van der Waals surface area contributed by atoms with Gasteiger partial charge in [-0.25, -0.2) is 0 Å². The highest BCUT2D eigenvalue weighted by Gasteiger charge is 2.38. The van der Waals surface area contributed by atoms with Gasteiger partial charge in [0.25, 0.3) is 0 Å². The minimum Gasteiger partial charge on any atom is -0.374 e. The molecule has 0 aromatic carbocycles. The van der Waals surface area contributed by atoms with Crippen molar-refractivity contribution in [3.8, 4) is 0 Å². The van der Waals surface area contributed by atoms with Crippen molar-refractivity contribution >= 4 is 15.0 Å². The van der Waals surface area contributed by atoms with Crippen LogP contribution in [0, 0.1) is 10.8 Å². The lowest BCUT2D eigenvalue weighted by atomic mass is 10.00. The molecule has 0 heterocycles. The lowest BCUT2D eigenvalue weighted by Crippen LogP contribution is -2.45. The summed E-state index contributed by atoms with van der Waals surface area (Å²) < 4.78 is 16.9. The van der Waals surface area contributed by atoms with Crippen molar-refractivity contribution in [2.45, 2.75) is 60.9 Å². The Morgan fingerprint density at radius 1 is 0.895 bits per heavy atom. The SMILES string of the molecule is CC(C)(C)C=N.CCC[Si](OCC)(OCC)OCC. The van der Waals surface area contributed by atoms with Gasteiger partial charge in [-0.05, 0) is 26.2 Å². The Hall–Kier alpha value is -0.233. The Morgan fingerprint density at radius 2 is 1.21 bits per heavy atom. The van der Waals surface area contributed by atoms with Gasteiger partial charge in [-0.15, -0.1) is 0 Å². The van der Waals surface area contributed by atoms with Gasteiger partial charge in [0.1, 0.15) is 0 Å². The molecule has 0 aliphatic rings. The third-order valence-corrected chi connectivity index (χ3v) is 5.38. The Morgan fingerprint density at radius 3 is 1.37 bits per heavy atom. The van der Waals surface area contributed by atoms with E-state index in [0.29, 0.717) is 19.8 Å². The maximum Gasteiger partial charge on any atom is 0.500 e. The predicted octanol–water partition coefficient (Wildman–Crippen LogP) is 4.13. The van der Waals surface area contributed by atoms with Gasteiger partial charge in [0.2, 0.25) is 0 Å². The molecule has 0 rings (SSSR count). The van der Waals surface area contributed by atoms with Crippen molar-refractivity contribution in [3.63, 3.8) is 0 Å². The van der Waals surface area contributed by atoms with Gasteiger partial charge in [0.15, 0.2) is 0 Å². The second kappa shape index (κ2) is 11.6. The molecule has 5 heteroatoms. The number of hydrogen-bond acceptors (Lipinski definition) is 4. The number of hydrogen-bond donors (Lipinski definition) is 1. The fourth-order valence-electron chi connectivity index (χ4n) is 1.31. The lowest BCUT2D eigenvalue weighted by Gasteiger charge is -2.27. The zero-order valence-electron chi connectivity index (χ0n) is 13.8. The zero-order valence-corrected chi connectivity index (χ0v) is 14.8. The maximum atomic E-state index is 6.73. The fourth-order valence-corrected chi connectivity index (χ4v) is 3.92. The average molecular weight is 292 g/mol. The highest BCUT2D eigenvalue weighted by atomic mass is 28.4. The van der Waals surface area contributed by atoms with Crippen LogP contribution < -0.4 is 0 Å². The summed E-state index contributed by atoms with van der Waals surface area (Å²) in [5.41, 5.74) is 0.0833. The van der Waals surface area contributed by atoms with E-state index in [1.54, 1.807) is 0 Å². The second-order valence-corrected chi connectivity index (χ2v) is 7.97. The molecule has 0 spiro atoms. The quantitative estimate of drug-likeness (QED) is 0.540. The van der Waals surface area contributed by atoms with E-state index in [1.165, 1.54) is 6.21 Å². The van der Waals surface area contributed by atoms with E-state index < -0.39 is 8.80 Å². The Bertz CT molecular complexity index is 188. The van der Waals surface area contributed by atoms with E-state index in [9.17, 15) is 0 Å². The van der Waals surface area contributed by atoms with Crippen LogP contribution in [0.1, 0.15) is 54.9 Å². The van der Waals surface area contributed by atoms with E-state index in [2.05, 4.69) is 6.92 Å². The van der Waals surface area contributed by atoms with Crippen LogP contribution in [0.25, 0.3) is 0 Å². The largest absolute Gasteiger partial charge is 0.500 e. The third kappa shape index (κ3) is 12.5. The summed E-state index contributed by atoms with van der Waals surface area (Å²) in [6, 6.07) is 0.919. The molecular formula is C14H33NO3Si. The van der Waals surface area contributed by atoms with E-state index in [-0.39, 0.29) is 5.41 Å². The molecule has 1 N–H and O–H groups in total. The maximum absolute atomic E-state index is 6.73. The Labute approximate surface area is 120 Å². The third-order valence-electron chi connectivity index (χ3n) is 2.08. The van der Waals surface area contributed by atoms with Crippen molar-refractivity contribution in [1.82, 2.24) is 0 Å². The monoisotopic (exact) mass is 291 g/mol. The first kappa shape index (κ1) is 21.1. The van der Waals surface area contributed by atoms with Gasteiger partial charge < -0.3 is 18.7 Å². The molecular weight excluding hydrogens is 258 g/mol. The summed E-state index contributed by atoms with van der Waals surface area (Å²) in [5.74, 6) is 0. The molecule has 0 aliphatic carbocycles. The van der Waals surface area contributed by atoms with Crippen LogP contribution in [-0.4, -0.2) is 34.8 Å². The molecule has 0 amide bonds. The molecule has 19 heavy (non-hydrogen) atoms. The van der Waals surface area contributed by atoms with Crippen molar-refractivity contribution < 1.29 is 13.3 Å². The fraction of sp³-hybridized carbons (Fsp3) is 0.929. The smallest absolute Gasteiger partial charge is 0.374 e. The summed E-state index contributed by atoms with van der Waals surface area (Å²) in [6.07, 6.45) is 2.49. The predicted molar refractivity (Wildman–Crippen MR) is 84.0 cm³/mol. The molecule has 0 atom stereocenters. The molecule has 0 aromatic heterocycles.